The molecule has 3 aromatic carbocycles. The van der Waals surface area contributed by atoms with E-state index in [0.717, 1.165) is 0 Å². The highest BCUT2D eigenvalue weighted by Gasteiger charge is 2.17. The van der Waals surface area contributed by atoms with Gasteiger partial charge in [0.2, 0.25) is 0 Å². The Morgan fingerprint density at radius 1 is 1.00 bits per heavy atom. The van der Waals surface area contributed by atoms with E-state index in [-0.39, 0.29) is 11.6 Å². The molecule has 8 heteroatoms. The molecule has 0 saturated heterocycles. The summed E-state index contributed by atoms with van der Waals surface area (Å²) in [6.07, 6.45) is 2.26. The molecule has 0 bridgehead atoms. The maximum Gasteiger partial charge on any atom is 0.270 e. The van der Waals surface area contributed by atoms with Crippen molar-refractivity contribution in [3.8, 4) is 0 Å². The number of hydrogen-bond acceptors (Lipinski definition) is 5. The maximum atomic E-state index is 13.3. The average molecular weight is 460 g/mol. The standard InChI is InChI=1S/C26H25N3O5/c1-34-16-8-15-27-25(30)22-13-5-6-14-24(22)28-26(31)23(20-10-3-2-4-11-20)18-19-9-7-12-21(17-19)29(32)33/h2-7,9-14,17-18H,8,15-16H2,1H3,(H,27,30)(H,28,31)/b23-18+. The molecule has 2 N–H and O–H groups in total. The fourth-order valence-electron chi connectivity index (χ4n) is 3.29. The van der Waals surface area contributed by atoms with Crippen LogP contribution >= 0.6 is 0 Å². The van der Waals surface area contributed by atoms with Gasteiger partial charge in [-0.25, -0.2) is 0 Å². The van der Waals surface area contributed by atoms with Gasteiger partial charge in [0.25, 0.3) is 17.5 Å². The summed E-state index contributed by atoms with van der Waals surface area (Å²) in [5.74, 6) is -0.756. The van der Waals surface area contributed by atoms with Gasteiger partial charge in [-0.05, 0) is 35.8 Å². The zero-order valence-corrected chi connectivity index (χ0v) is 18.7. The molecule has 0 fully saturated rings. The molecular weight excluding hydrogens is 434 g/mol. The smallest absolute Gasteiger partial charge is 0.270 e. The normalized spacial score (nSPS) is 11.0. The van der Waals surface area contributed by atoms with Crippen LogP contribution in [-0.2, 0) is 9.53 Å². The fourth-order valence-corrected chi connectivity index (χ4v) is 3.29. The lowest BCUT2D eigenvalue weighted by atomic mass is 10.0. The van der Waals surface area contributed by atoms with Crippen molar-refractivity contribution in [3.05, 3.63) is 106 Å². The number of rotatable bonds is 10. The van der Waals surface area contributed by atoms with Crippen LogP contribution in [0.1, 0.15) is 27.9 Å². The zero-order chi connectivity index (χ0) is 24.3. The number of carbonyl (C=O) groups is 2. The van der Waals surface area contributed by atoms with Crippen molar-refractivity contribution in [3.63, 3.8) is 0 Å². The van der Waals surface area contributed by atoms with E-state index in [9.17, 15) is 19.7 Å². The highest BCUT2D eigenvalue weighted by atomic mass is 16.6. The monoisotopic (exact) mass is 459 g/mol. The summed E-state index contributed by atoms with van der Waals surface area (Å²) < 4.78 is 4.99. The first-order chi connectivity index (χ1) is 16.5. The van der Waals surface area contributed by atoms with Gasteiger partial charge in [0.1, 0.15) is 0 Å². The number of nitrogens with one attached hydrogen (secondary N) is 2. The van der Waals surface area contributed by atoms with Gasteiger partial charge in [-0.1, -0.05) is 54.6 Å². The summed E-state index contributed by atoms with van der Waals surface area (Å²) >= 11 is 0. The molecule has 174 valence electrons. The Hall–Kier alpha value is -4.30. The summed E-state index contributed by atoms with van der Waals surface area (Å²) in [5.41, 5.74) is 2.06. The van der Waals surface area contributed by atoms with Crippen LogP contribution in [0.5, 0.6) is 0 Å². The third-order valence-corrected chi connectivity index (χ3v) is 4.95. The molecule has 0 aromatic heterocycles. The summed E-state index contributed by atoms with van der Waals surface area (Å²) in [6, 6.07) is 21.7. The summed E-state index contributed by atoms with van der Waals surface area (Å²) in [6.45, 7) is 0.971. The molecule has 3 rings (SSSR count). The topological polar surface area (TPSA) is 111 Å². The quantitative estimate of drug-likeness (QED) is 0.152. The van der Waals surface area contributed by atoms with Crippen LogP contribution < -0.4 is 10.6 Å². The lowest BCUT2D eigenvalue weighted by Crippen LogP contribution is -2.27. The Labute approximate surface area is 197 Å². The first-order valence-electron chi connectivity index (χ1n) is 10.7. The largest absolute Gasteiger partial charge is 0.385 e. The van der Waals surface area contributed by atoms with Crippen LogP contribution in [0, 0.1) is 10.1 Å². The highest BCUT2D eigenvalue weighted by Crippen LogP contribution is 2.24. The molecule has 0 spiro atoms. The number of nitro groups is 1. The molecule has 3 aromatic rings. The number of nitrogens with zero attached hydrogens (tertiary/aromatic N) is 1. The molecule has 0 atom stereocenters. The second-order valence-corrected chi connectivity index (χ2v) is 7.38. The van der Waals surface area contributed by atoms with Crippen LogP contribution in [0.15, 0.2) is 78.9 Å². The predicted octanol–water partition coefficient (Wildman–Crippen LogP) is 4.54. The number of ether oxygens (including phenoxy) is 1. The lowest BCUT2D eigenvalue weighted by Gasteiger charge is -2.13. The number of methoxy groups -OCH3 is 1. The van der Waals surface area contributed by atoms with Crippen LogP contribution in [0.25, 0.3) is 11.6 Å². The third-order valence-electron chi connectivity index (χ3n) is 4.95. The van der Waals surface area contributed by atoms with Crippen LogP contribution in [0.4, 0.5) is 11.4 Å². The number of nitro benzene ring substituents is 1. The molecule has 2 amide bonds. The minimum Gasteiger partial charge on any atom is -0.385 e. The average Bonchev–Trinajstić information content (AvgIpc) is 2.86. The first-order valence-corrected chi connectivity index (χ1v) is 10.7. The second-order valence-electron chi connectivity index (χ2n) is 7.38. The van der Waals surface area contributed by atoms with E-state index in [1.54, 1.807) is 73.8 Å². The van der Waals surface area contributed by atoms with Gasteiger partial charge in [-0.2, -0.15) is 0 Å². The van der Waals surface area contributed by atoms with Gasteiger partial charge in [0, 0.05) is 38.0 Å². The molecule has 0 aliphatic rings. The van der Waals surface area contributed by atoms with Crippen molar-refractivity contribution in [1.29, 1.82) is 0 Å². The Morgan fingerprint density at radius 3 is 2.47 bits per heavy atom. The lowest BCUT2D eigenvalue weighted by molar-refractivity contribution is -0.384. The minimum absolute atomic E-state index is 0.0722. The maximum absolute atomic E-state index is 13.3. The summed E-state index contributed by atoms with van der Waals surface area (Å²) in [4.78, 5) is 36.7. The Balaban J connectivity index is 1.90. The molecule has 8 nitrogen and oxygen atoms in total. The third kappa shape index (κ3) is 6.60. The molecule has 0 aliphatic carbocycles. The van der Waals surface area contributed by atoms with Crippen molar-refractivity contribution < 1.29 is 19.2 Å². The SMILES string of the molecule is COCCCNC(=O)c1ccccc1NC(=O)/C(=C/c1cccc([N+](=O)[O-])c1)c1ccccc1. The minimum atomic E-state index is -0.485. The van der Waals surface area contributed by atoms with Gasteiger partial charge in [-0.15, -0.1) is 0 Å². The molecule has 0 heterocycles. The van der Waals surface area contributed by atoms with Gasteiger partial charge in [0.15, 0.2) is 0 Å². The van der Waals surface area contributed by atoms with E-state index < -0.39 is 10.8 Å². The van der Waals surface area contributed by atoms with Gasteiger partial charge >= 0.3 is 0 Å². The van der Waals surface area contributed by atoms with E-state index in [2.05, 4.69) is 10.6 Å². The molecule has 0 aliphatic heterocycles. The number of para-hydroxylation sites is 1. The van der Waals surface area contributed by atoms with Crippen molar-refractivity contribution in [2.45, 2.75) is 6.42 Å². The van der Waals surface area contributed by atoms with Crippen molar-refractivity contribution in [2.24, 2.45) is 0 Å². The number of anilines is 1. The first kappa shape index (κ1) is 24.3. The molecule has 0 saturated carbocycles. The number of benzene rings is 3. The Bertz CT molecular complexity index is 1190. The van der Waals surface area contributed by atoms with Crippen molar-refractivity contribution in [2.75, 3.05) is 25.6 Å². The van der Waals surface area contributed by atoms with Gasteiger partial charge in [-0.3, -0.25) is 19.7 Å². The van der Waals surface area contributed by atoms with Crippen molar-refractivity contribution in [1.82, 2.24) is 5.32 Å². The van der Waals surface area contributed by atoms with Crippen LogP contribution in [-0.4, -0.2) is 37.0 Å². The molecule has 0 unspecified atom stereocenters. The summed E-state index contributed by atoms with van der Waals surface area (Å²) in [7, 11) is 1.60. The number of carbonyl (C=O) groups excluding carboxylic acids is 2. The Morgan fingerprint density at radius 2 is 1.74 bits per heavy atom. The molecule has 0 radical (unpaired) electrons. The zero-order valence-electron chi connectivity index (χ0n) is 18.7. The van der Waals surface area contributed by atoms with E-state index in [0.29, 0.717) is 47.5 Å². The van der Waals surface area contributed by atoms with E-state index >= 15 is 0 Å². The van der Waals surface area contributed by atoms with Gasteiger partial charge in [0.05, 0.1) is 16.2 Å². The van der Waals surface area contributed by atoms with E-state index in [4.69, 9.17) is 4.74 Å². The number of hydrogen-bond donors (Lipinski definition) is 2. The van der Waals surface area contributed by atoms with Crippen LogP contribution in [0.2, 0.25) is 0 Å². The van der Waals surface area contributed by atoms with Gasteiger partial charge < -0.3 is 15.4 Å². The molecular formula is C26H25N3O5. The van der Waals surface area contributed by atoms with Crippen LogP contribution in [0.3, 0.4) is 0 Å². The van der Waals surface area contributed by atoms with Crippen molar-refractivity contribution >= 4 is 34.8 Å². The Kier molecular flexibility index (Phi) is 8.65. The molecule has 34 heavy (non-hydrogen) atoms. The fraction of sp³-hybridized carbons (Fsp3) is 0.154. The number of non-ortho nitro benzene ring substituents is 1. The number of amides is 2. The van der Waals surface area contributed by atoms with E-state index in [1.165, 1.54) is 12.1 Å². The summed E-state index contributed by atoms with van der Waals surface area (Å²) in [5, 5.41) is 16.8. The second kappa shape index (κ2) is 12.1. The van der Waals surface area contributed by atoms with E-state index in [1.807, 2.05) is 6.07 Å². The predicted molar refractivity (Wildman–Crippen MR) is 131 cm³/mol. The highest BCUT2D eigenvalue weighted by molar-refractivity contribution is 6.29.